The summed E-state index contributed by atoms with van der Waals surface area (Å²) in [6.45, 7) is 0.0174. The average molecular weight is 328 g/mol. The lowest BCUT2D eigenvalue weighted by molar-refractivity contribution is -0.139. The second kappa shape index (κ2) is 5.69. The standard InChI is InChI=1S/C11H10BrF4NO/c1-6(10(18)17-5-11(14,15)16)7-2-3-8(12)9(13)4-7/h2-4,6H,5H2,1H3,(H,17,18). The smallest absolute Gasteiger partial charge is 0.346 e. The Labute approximate surface area is 109 Å². The number of carbonyl (C=O) groups is 1. The molecule has 0 radical (unpaired) electrons. The summed E-state index contributed by atoms with van der Waals surface area (Å²) in [5, 5.41) is 1.76. The Morgan fingerprint density at radius 3 is 2.56 bits per heavy atom. The third kappa shape index (κ3) is 4.29. The van der Waals surface area contributed by atoms with E-state index in [4.69, 9.17) is 0 Å². The molecule has 0 aromatic heterocycles. The quantitative estimate of drug-likeness (QED) is 0.847. The zero-order valence-electron chi connectivity index (χ0n) is 9.31. The molecule has 2 nitrogen and oxygen atoms in total. The molecule has 0 aliphatic rings. The van der Waals surface area contributed by atoms with E-state index >= 15 is 0 Å². The first-order valence-electron chi connectivity index (χ1n) is 5.00. The molecule has 0 aliphatic carbocycles. The average Bonchev–Trinajstić information content (AvgIpc) is 2.27. The Morgan fingerprint density at radius 2 is 2.06 bits per heavy atom. The number of hydrogen-bond donors (Lipinski definition) is 1. The number of rotatable bonds is 3. The fourth-order valence-electron chi connectivity index (χ4n) is 1.27. The number of carbonyl (C=O) groups excluding carboxylic acids is 1. The van der Waals surface area contributed by atoms with E-state index in [0.29, 0.717) is 5.56 Å². The van der Waals surface area contributed by atoms with Crippen LogP contribution in [0.2, 0.25) is 0 Å². The fraction of sp³-hybridized carbons (Fsp3) is 0.364. The number of nitrogens with one attached hydrogen (secondary N) is 1. The van der Waals surface area contributed by atoms with Crippen molar-refractivity contribution < 1.29 is 22.4 Å². The van der Waals surface area contributed by atoms with Crippen molar-refractivity contribution in [1.82, 2.24) is 5.32 Å². The lowest BCUT2D eigenvalue weighted by atomic mass is 10.0. The number of halogens is 5. The fourth-order valence-corrected chi connectivity index (χ4v) is 1.52. The lowest BCUT2D eigenvalue weighted by Crippen LogP contribution is -2.36. The first-order valence-corrected chi connectivity index (χ1v) is 5.79. The van der Waals surface area contributed by atoms with Crippen molar-refractivity contribution >= 4 is 21.8 Å². The highest BCUT2D eigenvalue weighted by Gasteiger charge is 2.29. The highest BCUT2D eigenvalue weighted by atomic mass is 79.9. The van der Waals surface area contributed by atoms with E-state index in [1.165, 1.54) is 19.1 Å². The molecule has 18 heavy (non-hydrogen) atoms. The molecule has 1 aromatic rings. The minimum atomic E-state index is -4.46. The van der Waals surface area contributed by atoms with Gasteiger partial charge in [-0.15, -0.1) is 0 Å². The SMILES string of the molecule is CC(C(=O)NCC(F)(F)F)c1ccc(Br)c(F)c1. The van der Waals surface area contributed by atoms with Gasteiger partial charge in [-0.25, -0.2) is 4.39 Å². The third-order valence-corrected chi connectivity index (χ3v) is 2.94. The maximum Gasteiger partial charge on any atom is 0.405 e. The maximum absolute atomic E-state index is 13.2. The Bertz CT molecular complexity index is 447. The van der Waals surface area contributed by atoms with Crippen molar-refractivity contribution in [3.05, 3.63) is 34.1 Å². The van der Waals surface area contributed by atoms with E-state index in [1.807, 2.05) is 0 Å². The van der Waals surface area contributed by atoms with E-state index in [-0.39, 0.29) is 4.47 Å². The Kier molecular flexibility index (Phi) is 4.72. The molecule has 0 spiro atoms. The summed E-state index contributed by atoms with van der Waals surface area (Å²) in [4.78, 5) is 11.4. The summed E-state index contributed by atoms with van der Waals surface area (Å²) in [5.74, 6) is -2.22. The molecule has 0 bridgehead atoms. The minimum Gasteiger partial charge on any atom is -0.346 e. The van der Waals surface area contributed by atoms with Crippen LogP contribution in [0.4, 0.5) is 17.6 Å². The number of amides is 1. The monoisotopic (exact) mass is 327 g/mol. The van der Waals surface area contributed by atoms with E-state index in [0.717, 1.165) is 6.07 Å². The van der Waals surface area contributed by atoms with Crippen LogP contribution >= 0.6 is 15.9 Å². The van der Waals surface area contributed by atoms with Gasteiger partial charge in [0.05, 0.1) is 10.4 Å². The molecule has 1 aromatic carbocycles. The molecule has 1 unspecified atom stereocenters. The van der Waals surface area contributed by atoms with Gasteiger partial charge >= 0.3 is 6.18 Å². The number of hydrogen-bond acceptors (Lipinski definition) is 1. The van der Waals surface area contributed by atoms with E-state index in [1.54, 1.807) is 5.32 Å². The van der Waals surface area contributed by atoms with Crippen LogP contribution in [-0.2, 0) is 4.79 Å². The normalized spacial score (nSPS) is 13.2. The van der Waals surface area contributed by atoms with Gasteiger partial charge in [0.2, 0.25) is 5.91 Å². The predicted molar refractivity (Wildman–Crippen MR) is 61.6 cm³/mol. The van der Waals surface area contributed by atoms with Gasteiger partial charge in [0.1, 0.15) is 12.4 Å². The molecule has 7 heteroatoms. The van der Waals surface area contributed by atoms with Crippen molar-refractivity contribution in [3.63, 3.8) is 0 Å². The predicted octanol–water partition coefficient (Wildman–Crippen LogP) is 3.37. The summed E-state index contributed by atoms with van der Waals surface area (Å²) in [6, 6.07) is 3.99. The summed E-state index contributed by atoms with van der Waals surface area (Å²) in [5.41, 5.74) is 0.315. The third-order valence-electron chi connectivity index (χ3n) is 2.30. The van der Waals surface area contributed by atoms with Gasteiger partial charge in [-0.05, 0) is 40.5 Å². The maximum atomic E-state index is 13.2. The van der Waals surface area contributed by atoms with Gasteiger partial charge in [0.25, 0.3) is 0 Å². The van der Waals surface area contributed by atoms with Crippen molar-refractivity contribution in [3.8, 4) is 0 Å². The van der Waals surface area contributed by atoms with Gasteiger partial charge in [0.15, 0.2) is 0 Å². The Balaban J connectivity index is 2.71. The van der Waals surface area contributed by atoms with Crippen LogP contribution in [0.15, 0.2) is 22.7 Å². The second-order valence-electron chi connectivity index (χ2n) is 3.73. The van der Waals surface area contributed by atoms with Gasteiger partial charge in [-0.3, -0.25) is 4.79 Å². The van der Waals surface area contributed by atoms with Crippen LogP contribution in [0.5, 0.6) is 0 Å². The summed E-state index contributed by atoms with van der Waals surface area (Å²) >= 11 is 2.95. The van der Waals surface area contributed by atoms with Gasteiger partial charge < -0.3 is 5.32 Å². The van der Waals surface area contributed by atoms with Crippen LogP contribution in [0.25, 0.3) is 0 Å². The molecular weight excluding hydrogens is 318 g/mol. The van der Waals surface area contributed by atoms with Crippen LogP contribution in [0.1, 0.15) is 18.4 Å². The molecule has 0 aliphatic heterocycles. The molecule has 1 amide bonds. The molecule has 100 valence electrons. The molecule has 0 fully saturated rings. The van der Waals surface area contributed by atoms with Gasteiger partial charge in [-0.2, -0.15) is 13.2 Å². The highest BCUT2D eigenvalue weighted by Crippen LogP contribution is 2.22. The van der Waals surface area contributed by atoms with Crippen molar-refractivity contribution in [2.45, 2.75) is 19.0 Å². The largest absolute Gasteiger partial charge is 0.405 e. The molecule has 0 saturated carbocycles. The second-order valence-corrected chi connectivity index (χ2v) is 4.58. The van der Waals surface area contributed by atoms with E-state index in [9.17, 15) is 22.4 Å². The first-order chi connectivity index (χ1) is 8.20. The van der Waals surface area contributed by atoms with Gasteiger partial charge in [0, 0.05) is 0 Å². The van der Waals surface area contributed by atoms with Crippen molar-refractivity contribution in [2.75, 3.05) is 6.54 Å². The van der Waals surface area contributed by atoms with E-state index in [2.05, 4.69) is 15.9 Å². The van der Waals surface area contributed by atoms with Crippen molar-refractivity contribution in [1.29, 1.82) is 0 Å². The number of benzene rings is 1. The summed E-state index contributed by atoms with van der Waals surface area (Å²) in [7, 11) is 0. The van der Waals surface area contributed by atoms with Crippen LogP contribution in [-0.4, -0.2) is 18.6 Å². The van der Waals surface area contributed by atoms with Crippen LogP contribution < -0.4 is 5.32 Å². The molecule has 1 N–H and O–H groups in total. The van der Waals surface area contributed by atoms with E-state index < -0.39 is 30.4 Å². The highest BCUT2D eigenvalue weighted by molar-refractivity contribution is 9.10. The molecular formula is C11H10BrF4NO. The first kappa shape index (κ1) is 14.9. The minimum absolute atomic E-state index is 0.231. The van der Waals surface area contributed by atoms with Crippen molar-refractivity contribution in [2.24, 2.45) is 0 Å². The topological polar surface area (TPSA) is 29.1 Å². The molecule has 0 heterocycles. The molecule has 1 atom stereocenters. The van der Waals surface area contributed by atoms with Crippen LogP contribution in [0, 0.1) is 5.82 Å². The lowest BCUT2D eigenvalue weighted by Gasteiger charge is -2.14. The van der Waals surface area contributed by atoms with Gasteiger partial charge in [-0.1, -0.05) is 6.07 Å². The Hall–Kier alpha value is -1.11. The zero-order valence-corrected chi connectivity index (χ0v) is 10.9. The molecule has 0 saturated heterocycles. The van der Waals surface area contributed by atoms with Crippen LogP contribution in [0.3, 0.4) is 0 Å². The number of alkyl halides is 3. The Morgan fingerprint density at radius 1 is 1.44 bits per heavy atom. The molecule has 1 rings (SSSR count). The summed E-state index contributed by atoms with van der Waals surface area (Å²) in [6.07, 6.45) is -4.46. The summed E-state index contributed by atoms with van der Waals surface area (Å²) < 4.78 is 49.2. The zero-order chi connectivity index (χ0) is 13.9.